The summed E-state index contributed by atoms with van der Waals surface area (Å²) >= 11 is 0. The molecule has 2 amide bonds. The van der Waals surface area contributed by atoms with Gasteiger partial charge in [-0.3, -0.25) is 0 Å². The lowest BCUT2D eigenvalue weighted by molar-refractivity contribution is 0.241. The molecule has 0 aliphatic rings. The maximum atomic E-state index is 11.3. The number of nitrogens with zero attached hydrogens (tertiary/aromatic N) is 1. The molecular weight excluding hydrogens is 228 g/mol. The third kappa shape index (κ3) is 3.23. The summed E-state index contributed by atoms with van der Waals surface area (Å²) < 4.78 is 0. The Morgan fingerprint density at radius 1 is 1.28 bits per heavy atom. The lowest BCUT2D eigenvalue weighted by Crippen LogP contribution is -2.37. The van der Waals surface area contributed by atoms with E-state index in [1.165, 1.54) is 0 Å². The van der Waals surface area contributed by atoms with Gasteiger partial charge in [-0.05, 0) is 18.6 Å². The van der Waals surface area contributed by atoms with Crippen molar-refractivity contribution >= 4 is 17.1 Å². The molecule has 0 fully saturated rings. The fourth-order valence-electron chi connectivity index (χ4n) is 1.72. The van der Waals surface area contributed by atoms with E-state index in [-0.39, 0.29) is 6.03 Å². The number of benzene rings is 1. The molecule has 96 valence electrons. The van der Waals surface area contributed by atoms with Crippen molar-refractivity contribution in [2.24, 2.45) is 0 Å². The molecule has 2 aromatic rings. The summed E-state index contributed by atoms with van der Waals surface area (Å²) in [5.41, 5.74) is 1.99. The molecule has 1 heterocycles. The highest BCUT2D eigenvalue weighted by molar-refractivity contribution is 5.75. The predicted molar refractivity (Wildman–Crippen MR) is 71.5 cm³/mol. The van der Waals surface area contributed by atoms with Gasteiger partial charge in [0.15, 0.2) is 0 Å². The van der Waals surface area contributed by atoms with Crippen LogP contribution < -0.4 is 10.6 Å². The third-order valence-corrected chi connectivity index (χ3v) is 2.62. The summed E-state index contributed by atoms with van der Waals surface area (Å²) in [6.07, 6.45) is 1.64. The first-order chi connectivity index (χ1) is 8.79. The van der Waals surface area contributed by atoms with Crippen LogP contribution in [0.2, 0.25) is 0 Å². The van der Waals surface area contributed by atoms with Gasteiger partial charge in [0.25, 0.3) is 0 Å². The number of urea groups is 1. The van der Waals surface area contributed by atoms with Gasteiger partial charge in [0.2, 0.25) is 0 Å². The maximum Gasteiger partial charge on any atom is 0.314 e. The van der Waals surface area contributed by atoms with Gasteiger partial charge in [-0.25, -0.2) is 9.78 Å². The first-order valence-corrected chi connectivity index (χ1v) is 6.25. The molecule has 3 N–H and O–H groups in total. The Hall–Kier alpha value is -2.04. The number of rotatable bonds is 5. The number of nitrogens with one attached hydrogen (secondary N) is 3. The minimum absolute atomic E-state index is 0.118. The van der Waals surface area contributed by atoms with Crippen LogP contribution in [0.3, 0.4) is 0 Å². The van der Waals surface area contributed by atoms with Gasteiger partial charge in [0.05, 0.1) is 11.0 Å². The standard InChI is InChI=1S/C13H18N4O/c1-2-8-14-13(18)15-9-7-12-16-10-5-3-4-6-11(10)17-12/h3-6H,2,7-9H2,1H3,(H,16,17)(H2,14,15,18). The van der Waals surface area contributed by atoms with Crippen LogP contribution in [-0.2, 0) is 6.42 Å². The molecule has 1 aromatic heterocycles. The van der Waals surface area contributed by atoms with Crippen LogP contribution in [0.5, 0.6) is 0 Å². The number of amides is 2. The highest BCUT2D eigenvalue weighted by Gasteiger charge is 2.02. The largest absolute Gasteiger partial charge is 0.342 e. The molecule has 0 atom stereocenters. The molecule has 18 heavy (non-hydrogen) atoms. The molecule has 5 heteroatoms. The van der Waals surface area contributed by atoms with E-state index in [1.807, 2.05) is 31.2 Å². The number of aromatic nitrogens is 2. The van der Waals surface area contributed by atoms with E-state index in [0.29, 0.717) is 19.5 Å². The van der Waals surface area contributed by atoms with E-state index < -0.39 is 0 Å². The second kappa shape index (κ2) is 6.05. The summed E-state index contributed by atoms with van der Waals surface area (Å²) in [6, 6.07) is 7.78. The number of para-hydroxylation sites is 2. The first kappa shape index (κ1) is 12.4. The van der Waals surface area contributed by atoms with E-state index >= 15 is 0 Å². The second-order valence-electron chi connectivity index (χ2n) is 4.13. The number of fused-ring (bicyclic) bond motifs is 1. The minimum Gasteiger partial charge on any atom is -0.342 e. The Bertz CT molecular complexity index is 487. The fraction of sp³-hybridized carbons (Fsp3) is 0.385. The van der Waals surface area contributed by atoms with Crippen LogP contribution in [-0.4, -0.2) is 29.1 Å². The van der Waals surface area contributed by atoms with Crippen LogP contribution in [0.4, 0.5) is 4.79 Å². The second-order valence-corrected chi connectivity index (χ2v) is 4.13. The Morgan fingerprint density at radius 2 is 2.06 bits per heavy atom. The molecule has 0 aliphatic heterocycles. The number of imidazole rings is 1. The number of aromatic amines is 1. The number of hydrogen-bond donors (Lipinski definition) is 3. The lowest BCUT2D eigenvalue weighted by atomic mass is 10.3. The Labute approximate surface area is 106 Å². The van der Waals surface area contributed by atoms with E-state index in [9.17, 15) is 4.79 Å². The first-order valence-electron chi connectivity index (χ1n) is 6.25. The van der Waals surface area contributed by atoms with Crippen molar-refractivity contribution in [3.05, 3.63) is 30.1 Å². The number of carbonyl (C=O) groups excluding carboxylic acids is 1. The minimum atomic E-state index is -0.118. The highest BCUT2D eigenvalue weighted by Crippen LogP contribution is 2.10. The molecule has 0 saturated carbocycles. The van der Waals surface area contributed by atoms with E-state index in [2.05, 4.69) is 20.6 Å². The quantitative estimate of drug-likeness (QED) is 0.753. The van der Waals surface area contributed by atoms with Gasteiger partial charge in [-0.1, -0.05) is 19.1 Å². The van der Waals surface area contributed by atoms with Gasteiger partial charge in [0, 0.05) is 19.5 Å². The van der Waals surface area contributed by atoms with Gasteiger partial charge < -0.3 is 15.6 Å². The van der Waals surface area contributed by atoms with Crippen molar-refractivity contribution in [2.75, 3.05) is 13.1 Å². The molecule has 0 aliphatic carbocycles. The van der Waals surface area contributed by atoms with Crippen molar-refractivity contribution in [3.8, 4) is 0 Å². The van der Waals surface area contributed by atoms with Gasteiger partial charge in [-0.15, -0.1) is 0 Å². The average Bonchev–Trinajstić information content (AvgIpc) is 2.79. The van der Waals surface area contributed by atoms with Crippen LogP contribution in [0, 0.1) is 0 Å². The molecule has 0 bridgehead atoms. The monoisotopic (exact) mass is 246 g/mol. The number of hydrogen-bond acceptors (Lipinski definition) is 2. The summed E-state index contributed by atoms with van der Waals surface area (Å²) in [6.45, 7) is 3.31. The Kier molecular flexibility index (Phi) is 4.17. The van der Waals surface area contributed by atoms with Crippen molar-refractivity contribution in [3.63, 3.8) is 0 Å². The number of H-pyrrole nitrogens is 1. The molecule has 0 unspecified atom stereocenters. The summed E-state index contributed by atoms with van der Waals surface area (Å²) in [5, 5.41) is 5.56. The molecule has 1 aromatic carbocycles. The summed E-state index contributed by atoms with van der Waals surface area (Å²) in [4.78, 5) is 19.0. The zero-order valence-electron chi connectivity index (χ0n) is 10.5. The van der Waals surface area contributed by atoms with Crippen LogP contribution in [0.25, 0.3) is 11.0 Å². The van der Waals surface area contributed by atoms with E-state index in [1.54, 1.807) is 0 Å². The van der Waals surface area contributed by atoms with Crippen molar-refractivity contribution in [1.29, 1.82) is 0 Å². The summed E-state index contributed by atoms with van der Waals surface area (Å²) in [7, 11) is 0. The topological polar surface area (TPSA) is 69.8 Å². The van der Waals surface area contributed by atoms with Crippen molar-refractivity contribution in [1.82, 2.24) is 20.6 Å². The van der Waals surface area contributed by atoms with Gasteiger partial charge in [-0.2, -0.15) is 0 Å². The smallest absolute Gasteiger partial charge is 0.314 e. The van der Waals surface area contributed by atoms with E-state index in [4.69, 9.17) is 0 Å². The van der Waals surface area contributed by atoms with Crippen molar-refractivity contribution < 1.29 is 4.79 Å². The predicted octanol–water partition coefficient (Wildman–Crippen LogP) is 1.81. The molecule has 2 rings (SSSR count). The Balaban J connectivity index is 1.81. The average molecular weight is 246 g/mol. The SMILES string of the molecule is CCCNC(=O)NCCc1nc2ccccc2[nH]1. The normalized spacial score (nSPS) is 10.5. The van der Waals surface area contributed by atoms with Crippen LogP contribution in [0.1, 0.15) is 19.2 Å². The zero-order chi connectivity index (χ0) is 12.8. The Morgan fingerprint density at radius 3 is 2.83 bits per heavy atom. The third-order valence-electron chi connectivity index (χ3n) is 2.62. The molecule has 0 radical (unpaired) electrons. The molecular formula is C13H18N4O. The molecule has 0 saturated heterocycles. The van der Waals surface area contributed by atoms with Crippen LogP contribution in [0.15, 0.2) is 24.3 Å². The van der Waals surface area contributed by atoms with Crippen LogP contribution >= 0.6 is 0 Å². The number of carbonyl (C=O) groups is 1. The van der Waals surface area contributed by atoms with Crippen molar-refractivity contribution in [2.45, 2.75) is 19.8 Å². The lowest BCUT2D eigenvalue weighted by Gasteiger charge is -2.04. The summed E-state index contributed by atoms with van der Waals surface area (Å²) in [5.74, 6) is 0.895. The van der Waals surface area contributed by atoms with E-state index in [0.717, 1.165) is 23.3 Å². The molecule has 0 spiro atoms. The zero-order valence-corrected chi connectivity index (χ0v) is 10.5. The molecule has 5 nitrogen and oxygen atoms in total. The maximum absolute atomic E-state index is 11.3. The van der Waals surface area contributed by atoms with Gasteiger partial charge >= 0.3 is 6.03 Å². The fourth-order valence-corrected chi connectivity index (χ4v) is 1.72. The highest BCUT2D eigenvalue weighted by atomic mass is 16.2. The van der Waals surface area contributed by atoms with Gasteiger partial charge in [0.1, 0.15) is 5.82 Å².